The van der Waals surface area contributed by atoms with Crippen molar-refractivity contribution in [1.29, 1.82) is 0 Å². The van der Waals surface area contributed by atoms with Crippen LogP contribution in [0.25, 0.3) is 10.8 Å². The molecule has 0 saturated heterocycles. The van der Waals surface area contributed by atoms with Crippen LogP contribution >= 0.6 is 0 Å². The molecule has 0 spiro atoms. The lowest BCUT2D eigenvalue weighted by Gasteiger charge is -2.15. The van der Waals surface area contributed by atoms with E-state index in [-0.39, 0.29) is 29.2 Å². The average molecular weight is 420 g/mol. The number of hydrogen-bond donors (Lipinski definition) is 3. The Labute approximate surface area is 174 Å². The first-order valence-corrected chi connectivity index (χ1v) is 9.08. The Kier molecular flexibility index (Phi) is 5.29. The van der Waals surface area contributed by atoms with Gasteiger partial charge < -0.3 is 20.1 Å². The number of carboxylic acid groups (broad SMARTS) is 1. The van der Waals surface area contributed by atoms with Crippen LogP contribution in [0.15, 0.2) is 60.9 Å². The van der Waals surface area contributed by atoms with E-state index in [9.17, 15) is 19.8 Å². The molecular weight excluding hydrogens is 404 g/mol. The summed E-state index contributed by atoms with van der Waals surface area (Å²) in [6.07, 6.45) is 0.121. The minimum absolute atomic E-state index is 0.0866. The first kappa shape index (κ1) is 20.0. The summed E-state index contributed by atoms with van der Waals surface area (Å²) in [5.74, 6) is -1.79. The highest BCUT2D eigenvalue weighted by Crippen LogP contribution is 2.33. The van der Waals surface area contributed by atoms with Crippen LogP contribution in [-0.4, -0.2) is 47.5 Å². The number of ether oxygens (including phenoxy) is 1. The minimum atomic E-state index is -1.19. The van der Waals surface area contributed by atoms with Crippen LogP contribution in [0.3, 0.4) is 0 Å². The molecule has 0 fully saturated rings. The molecular formula is C21H16N4O6. The quantitative estimate of drug-likeness (QED) is 0.399. The zero-order valence-corrected chi connectivity index (χ0v) is 15.9. The minimum Gasteiger partial charge on any atom is -0.508 e. The number of phenols is 1. The van der Waals surface area contributed by atoms with E-state index in [1.54, 1.807) is 24.3 Å². The summed E-state index contributed by atoms with van der Waals surface area (Å²) in [4.78, 5) is 23.3. The molecule has 1 heterocycles. The molecule has 1 unspecified atom stereocenters. The van der Waals surface area contributed by atoms with E-state index in [0.29, 0.717) is 16.3 Å². The third-order valence-electron chi connectivity index (χ3n) is 4.71. The maximum Gasteiger partial charge on any atom is 0.339 e. The van der Waals surface area contributed by atoms with Gasteiger partial charge in [-0.15, -0.1) is 5.10 Å². The Morgan fingerprint density at radius 2 is 1.74 bits per heavy atom. The number of tetrazole rings is 1. The molecule has 0 aliphatic heterocycles. The second-order valence-corrected chi connectivity index (χ2v) is 6.71. The van der Waals surface area contributed by atoms with E-state index in [2.05, 4.69) is 15.5 Å². The van der Waals surface area contributed by atoms with Crippen LogP contribution in [0.4, 0.5) is 0 Å². The van der Waals surface area contributed by atoms with Crippen LogP contribution in [0, 0.1) is 0 Å². The first-order chi connectivity index (χ1) is 14.9. The maximum absolute atomic E-state index is 12.3. The predicted octanol–water partition coefficient (Wildman–Crippen LogP) is 2.13. The van der Waals surface area contributed by atoms with Crippen molar-refractivity contribution < 1.29 is 29.6 Å². The summed E-state index contributed by atoms with van der Waals surface area (Å²) < 4.78 is 6.41. The average Bonchev–Trinajstić information content (AvgIpc) is 3.30. The molecule has 0 aliphatic carbocycles. The zero-order valence-electron chi connectivity index (χ0n) is 15.9. The van der Waals surface area contributed by atoms with Gasteiger partial charge in [-0.1, -0.05) is 18.2 Å². The summed E-state index contributed by atoms with van der Waals surface area (Å²) in [6.45, 7) is -0.143. The van der Waals surface area contributed by atoms with Gasteiger partial charge in [0.15, 0.2) is 6.73 Å². The van der Waals surface area contributed by atoms with Gasteiger partial charge in [-0.2, -0.15) is 4.68 Å². The van der Waals surface area contributed by atoms with Crippen molar-refractivity contribution in [3.8, 4) is 5.75 Å². The van der Waals surface area contributed by atoms with Gasteiger partial charge in [-0.05, 0) is 63.2 Å². The molecule has 10 heteroatoms. The predicted molar refractivity (Wildman–Crippen MR) is 106 cm³/mol. The van der Waals surface area contributed by atoms with Crippen molar-refractivity contribution >= 4 is 22.7 Å². The number of nitrogens with zero attached hydrogens (tertiary/aromatic N) is 4. The van der Waals surface area contributed by atoms with Crippen LogP contribution in [0.5, 0.6) is 5.75 Å². The topological polar surface area (TPSA) is 148 Å². The third-order valence-corrected chi connectivity index (χ3v) is 4.71. The number of hydrogen-bond acceptors (Lipinski definition) is 8. The molecule has 3 N–H and O–H groups in total. The SMILES string of the molecule is O=C(O)c1ccc(C(O)c2cc3cc(C(=O)OCn4cnnn4)ccc3cc2O)cc1. The number of aromatic carboxylic acids is 1. The van der Waals surface area contributed by atoms with Gasteiger partial charge in [0.1, 0.15) is 18.2 Å². The summed E-state index contributed by atoms with van der Waals surface area (Å²) >= 11 is 0. The van der Waals surface area contributed by atoms with Gasteiger partial charge >= 0.3 is 11.9 Å². The van der Waals surface area contributed by atoms with Gasteiger partial charge in [-0.25, -0.2) is 9.59 Å². The zero-order chi connectivity index (χ0) is 22.0. The van der Waals surface area contributed by atoms with E-state index < -0.39 is 18.0 Å². The number of aromatic nitrogens is 4. The Morgan fingerprint density at radius 1 is 1.00 bits per heavy atom. The number of aliphatic hydroxyl groups is 1. The lowest BCUT2D eigenvalue weighted by molar-refractivity contribution is 0.0346. The summed E-state index contributed by atoms with van der Waals surface area (Å²) in [5.41, 5.74) is 0.993. The van der Waals surface area contributed by atoms with E-state index in [4.69, 9.17) is 9.84 Å². The van der Waals surface area contributed by atoms with E-state index in [1.807, 2.05) is 0 Å². The van der Waals surface area contributed by atoms with Gasteiger partial charge in [0.25, 0.3) is 0 Å². The highest BCUT2D eigenvalue weighted by Gasteiger charge is 2.17. The van der Waals surface area contributed by atoms with Crippen LogP contribution < -0.4 is 0 Å². The lowest BCUT2D eigenvalue weighted by atomic mass is 9.96. The van der Waals surface area contributed by atoms with Crippen LogP contribution in [0.2, 0.25) is 0 Å². The monoisotopic (exact) mass is 420 g/mol. The molecule has 1 aromatic heterocycles. The summed E-state index contributed by atoms with van der Waals surface area (Å²) in [5, 5.41) is 41.9. The fourth-order valence-corrected chi connectivity index (χ4v) is 3.08. The summed E-state index contributed by atoms with van der Waals surface area (Å²) in [7, 11) is 0. The number of aromatic hydroxyl groups is 1. The Balaban J connectivity index is 1.61. The van der Waals surface area contributed by atoms with Crippen LogP contribution in [-0.2, 0) is 11.5 Å². The smallest absolute Gasteiger partial charge is 0.339 e. The highest BCUT2D eigenvalue weighted by molar-refractivity contribution is 5.96. The molecule has 0 radical (unpaired) electrons. The summed E-state index contributed by atoms with van der Waals surface area (Å²) in [6, 6.07) is 13.5. The number of benzene rings is 3. The largest absolute Gasteiger partial charge is 0.508 e. The number of fused-ring (bicyclic) bond motifs is 1. The van der Waals surface area contributed by atoms with E-state index >= 15 is 0 Å². The fraction of sp³-hybridized carbons (Fsp3) is 0.0952. The molecule has 0 bridgehead atoms. The molecule has 10 nitrogen and oxygen atoms in total. The standard InChI is InChI=1S/C21H16N4O6/c26-18-9-14-5-6-15(21(30)31-11-25-10-22-23-24-25)7-16(14)8-17(18)19(27)12-1-3-13(4-2-12)20(28)29/h1-10,19,26-27H,11H2,(H,28,29). The number of carbonyl (C=O) groups is 2. The maximum atomic E-state index is 12.3. The molecule has 4 aromatic rings. The highest BCUT2D eigenvalue weighted by atomic mass is 16.5. The molecule has 0 saturated carbocycles. The number of esters is 1. The number of carboxylic acids is 1. The third kappa shape index (κ3) is 4.19. The van der Waals surface area contributed by atoms with Gasteiger partial charge in [0, 0.05) is 5.56 Å². The fourth-order valence-electron chi connectivity index (χ4n) is 3.08. The second-order valence-electron chi connectivity index (χ2n) is 6.71. The normalized spacial score (nSPS) is 11.9. The Bertz CT molecular complexity index is 1260. The van der Waals surface area contributed by atoms with Crippen molar-refractivity contribution in [3.63, 3.8) is 0 Å². The number of phenolic OH excluding ortho intramolecular Hbond substituents is 1. The van der Waals surface area contributed by atoms with E-state index in [0.717, 1.165) is 0 Å². The molecule has 3 aromatic carbocycles. The van der Waals surface area contributed by atoms with E-state index in [1.165, 1.54) is 41.3 Å². The molecule has 156 valence electrons. The van der Waals surface area contributed by atoms with Crippen LogP contribution in [0.1, 0.15) is 37.9 Å². The molecule has 4 rings (SSSR count). The van der Waals surface area contributed by atoms with Gasteiger partial charge in [0.2, 0.25) is 0 Å². The van der Waals surface area contributed by atoms with Crippen molar-refractivity contribution in [2.45, 2.75) is 12.8 Å². The number of rotatable bonds is 6. The van der Waals surface area contributed by atoms with Gasteiger partial charge in [-0.3, -0.25) is 0 Å². The first-order valence-electron chi connectivity index (χ1n) is 9.08. The molecule has 0 aliphatic rings. The van der Waals surface area contributed by atoms with Crippen molar-refractivity contribution in [2.75, 3.05) is 0 Å². The second kappa shape index (κ2) is 8.20. The Hall–Kier alpha value is -4.31. The van der Waals surface area contributed by atoms with Gasteiger partial charge in [0.05, 0.1) is 11.1 Å². The number of aliphatic hydroxyl groups excluding tert-OH is 1. The molecule has 0 amide bonds. The molecule has 1 atom stereocenters. The van der Waals surface area contributed by atoms with Crippen molar-refractivity contribution in [2.24, 2.45) is 0 Å². The van der Waals surface area contributed by atoms with Crippen molar-refractivity contribution in [3.05, 3.63) is 83.2 Å². The number of carbonyl (C=O) groups excluding carboxylic acids is 1. The molecule has 31 heavy (non-hydrogen) atoms. The Morgan fingerprint density at radius 3 is 2.42 bits per heavy atom. The van der Waals surface area contributed by atoms with Crippen molar-refractivity contribution in [1.82, 2.24) is 20.2 Å². The lowest BCUT2D eigenvalue weighted by Crippen LogP contribution is -2.10.